The molecule has 0 atom stereocenters. The zero-order valence-corrected chi connectivity index (χ0v) is 12.3. The van der Waals surface area contributed by atoms with Crippen LogP contribution in [0.25, 0.3) is 0 Å². The van der Waals surface area contributed by atoms with Gasteiger partial charge in [-0.15, -0.1) is 6.58 Å². The van der Waals surface area contributed by atoms with Crippen LogP contribution in [0.5, 0.6) is 0 Å². The summed E-state index contributed by atoms with van der Waals surface area (Å²) in [6.45, 7) is 3.64. The molecule has 0 aliphatic rings. The van der Waals surface area contributed by atoms with Crippen LogP contribution in [-0.2, 0) is 26.2 Å². The van der Waals surface area contributed by atoms with E-state index in [4.69, 9.17) is 0 Å². The number of halogens is 2. The average molecular weight is 276 g/mol. The molecule has 0 nitrogen and oxygen atoms in total. The van der Waals surface area contributed by atoms with Gasteiger partial charge < -0.3 is 24.8 Å². The molecule has 0 amide bonds. The van der Waals surface area contributed by atoms with Gasteiger partial charge in [-0.25, -0.2) is 0 Å². The first-order valence-corrected chi connectivity index (χ1v) is 4.44. The number of allylic oxidation sites excluding steroid dienone is 1. The van der Waals surface area contributed by atoms with Crippen LogP contribution in [0.4, 0.5) is 0 Å². The van der Waals surface area contributed by atoms with E-state index in [-0.39, 0.29) is 51.0 Å². The minimum absolute atomic E-state index is 0. The molecule has 0 saturated carbocycles. The van der Waals surface area contributed by atoms with E-state index in [0.29, 0.717) is 0 Å². The van der Waals surface area contributed by atoms with Crippen molar-refractivity contribution in [3.05, 3.63) is 12.7 Å². The van der Waals surface area contributed by atoms with E-state index in [9.17, 15) is 0 Å². The first-order valence-electron chi connectivity index (χ1n) is 3.02. The van der Waals surface area contributed by atoms with Crippen LogP contribution < -0.4 is 24.8 Å². The summed E-state index contributed by atoms with van der Waals surface area (Å²) in [5, 5.41) is 0. The Morgan fingerprint density at radius 2 is 1.70 bits per heavy atom. The SMILES string of the molecule is C=CCCCC[SiH3].[Cl-].[Cl-].[Zr+2]. The predicted molar refractivity (Wildman–Crippen MR) is 38.8 cm³/mol. The molecule has 0 unspecified atom stereocenters. The van der Waals surface area contributed by atoms with E-state index >= 15 is 0 Å². The van der Waals surface area contributed by atoms with Gasteiger partial charge in [0.1, 0.15) is 0 Å². The summed E-state index contributed by atoms with van der Waals surface area (Å²) >= 11 is 0. The van der Waals surface area contributed by atoms with Crippen LogP contribution >= 0.6 is 0 Å². The minimum atomic E-state index is 0. The Morgan fingerprint density at radius 1 is 1.20 bits per heavy atom. The Hall–Kier alpha value is 1.42. The van der Waals surface area contributed by atoms with Crippen LogP contribution in [0.2, 0.25) is 6.04 Å². The van der Waals surface area contributed by atoms with Gasteiger partial charge in [0.05, 0.1) is 0 Å². The van der Waals surface area contributed by atoms with Crippen LogP contribution in [0, 0.1) is 0 Å². The maximum atomic E-state index is 3.64. The molecular formula is C6H14Cl2SiZr. The molecule has 0 saturated heterocycles. The fourth-order valence-corrected chi connectivity index (χ4v) is 1.04. The molecular weight excluding hydrogens is 262 g/mol. The standard InChI is InChI=1S/C6H14Si.2ClH.Zr/c1-2-3-4-5-6-7;;;/h2H,1,3-6H2,7H3;2*1H;/q;;;+2/p-2. The van der Waals surface area contributed by atoms with Gasteiger partial charge in [-0.05, 0) is 6.42 Å². The van der Waals surface area contributed by atoms with Gasteiger partial charge in [-0.3, -0.25) is 0 Å². The molecule has 0 heterocycles. The second kappa shape index (κ2) is 22.4. The second-order valence-corrected chi connectivity index (χ2v) is 2.78. The van der Waals surface area contributed by atoms with E-state index < -0.39 is 0 Å². The second-order valence-electron chi connectivity index (χ2n) is 1.78. The normalized spacial score (nSPS) is 6.40. The molecule has 0 aliphatic heterocycles. The van der Waals surface area contributed by atoms with Crippen LogP contribution in [-0.4, -0.2) is 10.2 Å². The summed E-state index contributed by atoms with van der Waals surface area (Å²) in [5.74, 6) is 0. The van der Waals surface area contributed by atoms with Crippen molar-refractivity contribution >= 4 is 10.2 Å². The van der Waals surface area contributed by atoms with Crippen LogP contribution in [0.15, 0.2) is 12.7 Å². The summed E-state index contributed by atoms with van der Waals surface area (Å²) in [7, 11) is 1.37. The average Bonchev–Trinajstić information content (AvgIpc) is 1.69. The van der Waals surface area contributed by atoms with E-state index in [2.05, 4.69) is 6.58 Å². The van der Waals surface area contributed by atoms with Crippen molar-refractivity contribution in [1.82, 2.24) is 0 Å². The predicted octanol–water partition coefficient (Wildman–Crippen LogP) is -4.87. The van der Waals surface area contributed by atoms with E-state index in [1.807, 2.05) is 6.08 Å². The first-order chi connectivity index (χ1) is 3.41. The van der Waals surface area contributed by atoms with Crippen molar-refractivity contribution in [1.29, 1.82) is 0 Å². The molecule has 0 aromatic heterocycles. The molecule has 0 fully saturated rings. The molecule has 0 aromatic rings. The summed E-state index contributed by atoms with van der Waals surface area (Å²) in [6, 6.07) is 1.45. The summed E-state index contributed by atoms with van der Waals surface area (Å²) in [5.41, 5.74) is 0. The van der Waals surface area contributed by atoms with E-state index in [1.54, 1.807) is 0 Å². The number of hydrogen-bond acceptors (Lipinski definition) is 0. The van der Waals surface area contributed by atoms with Gasteiger partial charge in [-0.1, -0.05) is 25.0 Å². The number of hydrogen-bond donors (Lipinski definition) is 0. The zero-order valence-electron chi connectivity index (χ0n) is 6.37. The Kier molecular flexibility index (Phi) is 50.5. The Morgan fingerprint density at radius 3 is 2.00 bits per heavy atom. The van der Waals surface area contributed by atoms with E-state index in [1.165, 1.54) is 35.5 Å². The van der Waals surface area contributed by atoms with Crippen LogP contribution in [0.3, 0.4) is 0 Å². The molecule has 0 aromatic carbocycles. The minimum Gasteiger partial charge on any atom is -1.00 e. The third-order valence-electron chi connectivity index (χ3n) is 1.01. The molecule has 0 aliphatic carbocycles. The van der Waals surface area contributed by atoms with Crippen molar-refractivity contribution in [3.63, 3.8) is 0 Å². The van der Waals surface area contributed by atoms with Gasteiger partial charge in [0.25, 0.3) is 0 Å². The van der Waals surface area contributed by atoms with Crippen molar-refractivity contribution < 1.29 is 51.0 Å². The molecule has 0 N–H and O–H groups in total. The van der Waals surface area contributed by atoms with Gasteiger partial charge in [0, 0.05) is 10.2 Å². The van der Waals surface area contributed by atoms with Gasteiger partial charge in [-0.2, -0.15) is 0 Å². The summed E-state index contributed by atoms with van der Waals surface area (Å²) in [6.07, 6.45) is 5.98. The maximum absolute atomic E-state index is 3.64. The fraction of sp³-hybridized carbons (Fsp3) is 0.667. The molecule has 0 spiro atoms. The Labute approximate surface area is 98.6 Å². The third kappa shape index (κ3) is 22.7. The summed E-state index contributed by atoms with van der Waals surface area (Å²) in [4.78, 5) is 0. The molecule has 4 heteroatoms. The van der Waals surface area contributed by atoms with Crippen molar-refractivity contribution in [2.24, 2.45) is 0 Å². The number of unbranched alkanes of at least 4 members (excludes halogenated alkanes) is 2. The van der Waals surface area contributed by atoms with Crippen molar-refractivity contribution in [2.45, 2.75) is 25.3 Å². The largest absolute Gasteiger partial charge is 2.00 e. The number of rotatable bonds is 4. The van der Waals surface area contributed by atoms with Gasteiger partial charge in [0.15, 0.2) is 0 Å². The van der Waals surface area contributed by atoms with E-state index in [0.717, 1.165) is 0 Å². The van der Waals surface area contributed by atoms with Gasteiger partial charge >= 0.3 is 26.2 Å². The Balaban J connectivity index is -0.0000000600. The first kappa shape index (κ1) is 22.5. The van der Waals surface area contributed by atoms with Crippen LogP contribution in [0.1, 0.15) is 19.3 Å². The zero-order chi connectivity index (χ0) is 5.54. The summed E-state index contributed by atoms with van der Waals surface area (Å²) < 4.78 is 0. The monoisotopic (exact) mass is 274 g/mol. The van der Waals surface area contributed by atoms with Gasteiger partial charge in [0.2, 0.25) is 0 Å². The molecule has 10 heavy (non-hydrogen) atoms. The third-order valence-corrected chi connectivity index (χ3v) is 1.72. The molecule has 60 valence electrons. The molecule has 0 radical (unpaired) electrons. The topological polar surface area (TPSA) is 0 Å². The fourth-order valence-electron chi connectivity index (χ4n) is 0.539. The smallest absolute Gasteiger partial charge is 1.00 e. The quantitative estimate of drug-likeness (QED) is 0.274. The van der Waals surface area contributed by atoms with Crippen molar-refractivity contribution in [2.75, 3.05) is 0 Å². The molecule has 0 bridgehead atoms. The molecule has 0 rings (SSSR count). The Bertz CT molecular complexity index is 53.0. The maximum Gasteiger partial charge on any atom is 2.00 e. The van der Waals surface area contributed by atoms with Crippen molar-refractivity contribution in [3.8, 4) is 0 Å².